The van der Waals surface area contributed by atoms with E-state index < -0.39 is 15.6 Å². The first-order chi connectivity index (χ1) is 25.6. The summed E-state index contributed by atoms with van der Waals surface area (Å²) in [5.74, 6) is 0.534. The summed E-state index contributed by atoms with van der Waals surface area (Å²) in [6, 6.07) is 13.7. The van der Waals surface area contributed by atoms with E-state index in [-0.39, 0.29) is 41.1 Å². The lowest BCUT2D eigenvalue weighted by molar-refractivity contribution is -0.116. The van der Waals surface area contributed by atoms with E-state index >= 15 is 0 Å². The van der Waals surface area contributed by atoms with E-state index in [0.29, 0.717) is 43.6 Å². The smallest absolute Gasteiger partial charge is 0.285 e. The van der Waals surface area contributed by atoms with Gasteiger partial charge in [0.25, 0.3) is 5.91 Å². The van der Waals surface area contributed by atoms with Gasteiger partial charge in [-0.1, -0.05) is 36.7 Å². The molecule has 0 saturated heterocycles. The molecule has 1 fully saturated rings. The van der Waals surface area contributed by atoms with Crippen LogP contribution in [-0.4, -0.2) is 71.5 Å². The van der Waals surface area contributed by atoms with E-state index in [1.807, 2.05) is 37.4 Å². The normalized spacial score (nSPS) is 30.5. The van der Waals surface area contributed by atoms with Crippen molar-refractivity contribution >= 4 is 38.7 Å². The number of anilines is 1. The molecule has 0 radical (unpaired) electrons. The number of carbonyl (C=O) groups is 2. The number of methoxy groups -OCH3 is 1. The predicted octanol–water partition coefficient (Wildman–Crippen LogP) is 7.20. The molecular formula is C42H50ClN3O6S. The van der Waals surface area contributed by atoms with Gasteiger partial charge in [0.15, 0.2) is 5.78 Å². The number of ether oxygens (including phenoxy) is 3. The van der Waals surface area contributed by atoms with Crippen molar-refractivity contribution in [3.05, 3.63) is 93.8 Å². The van der Waals surface area contributed by atoms with Crippen LogP contribution in [0, 0.1) is 17.8 Å². The van der Waals surface area contributed by atoms with Gasteiger partial charge in [0, 0.05) is 66.8 Å². The van der Waals surface area contributed by atoms with Crippen LogP contribution in [0.2, 0.25) is 5.02 Å². The van der Waals surface area contributed by atoms with E-state index in [1.165, 1.54) is 11.1 Å². The van der Waals surface area contributed by atoms with Crippen molar-refractivity contribution in [1.82, 2.24) is 4.57 Å². The summed E-state index contributed by atoms with van der Waals surface area (Å²) < 4.78 is 39.6. The zero-order valence-electron chi connectivity index (χ0n) is 30.8. The van der Waals surface area contributed by atoms with Gasteiger partial charge < -0.3 is 23.7 Å². The molecule has 0 N–H and O–H groups in total. The van der Waals surface area contributed by atoms with Crippen LogP contribution < -0.4 is 9.64 Å². The fourth-order valence-electron chi connectivity index (χ4n) is 9.39. The Bertz CT molecular complexity index is 2030. The van der Waals surface area contributed by atoms with Gasteiger partial charge in [-0.3, -0.25) is 9.59 Å². The summed E-state index contributed by atoms with van der Waals surface area (Å²) in [4.78, 5) is 30.1. The Hall–Kier alpha value is -3.44. The second-order valence-corrected chi connectivity index (χ2v) is 18.8. The predicted molar refractivity (Wildman–Crippen MR) is 208 cm³/mol. The summed E-state index contributed by atoms with van der Waals surface area (Å²) in [6.07, 6.45) is 12.2. The first-order valence-corrected chi connectivity index (χ1v) is 21.4. The van der Waals surface area contributed by atoms with Gasteiger partial charge in [0.2, 0.25) is 0 Å². The average Bonchev–Trinajstić information content (AvgIpc) is 3.45. The van der Waals surface area contributed by atoms with Crippen molar-refractivity contribution < 1.29 is 28.0 Å². The maximum Gasteiger partial charge on any atom is 0.285 e. The zero-order chi connectivity index (χ0) is 36.7. The number of rotatable bonds is 5. The van der Waals surface area contributed by atoms with Gasteiger partial charge in [0.05, 0.1) is 47.1 Å². The lowest BCUT2D eigenvalue weighted by Crippen LogP contribution is -2.49. The molecule has 1 amide bonds. The van der Waals surface area contributed by atoms with Gasteiger partial charge in [-0.05, 0) is 109 Å². The highest BCUT2D eigenvalue weighted by Crippen LogP contribution is 2.47. The number of nitrogens with zero attached hydrogens (tertiary/aromatic N) is 3. The molecule has 2 bridgehead atoms. The number of aromatic nitrogens is 1. The largest absolute Gasteiger partial charge is 0.490 e. The van der Waals surface area contributed by atoms with Gasteiger partial charge in [-0.25, -0.2) is 4.21 Å². The number of halogens is 1. The Morgan fingerprint density at radius 3 is 2.87 bits per heavy atom. The molecule has 2 aromatic carbocycles. The van der Waals surface area contributed by atoms with Crippen molar-refractivity contribution in [3.63, 3.8) is 0 Å². The highest BCUT2D eigenvalue weighted by molar-refractivity contribution is 7.94. The number of hydrogen-bond acceptors (Lipinski definition) is 7. The molecule has 11 heteroatoms. The molecule has 53 heavy (non-hydrogen) atoms. The van der Waals surface area contributed by atoms with E-state index in [9.17, 15) is 13.8 Å². The maximum atomic E-state index is 14.7. The standard InChI is InChI=1S/C42H50ClN3O6S/c1-28-5-3-7-39(50-2)36-11-8-32(36)22-46-26-42(14-4-6-30-19-33(43)10-12-37(30)42)27-52-40-13-9-31(20-38(40)46)41(48)44-53(49,24-28)25-35(47)18-29-17-34-23-51-16-15-45(34)21-29/h3,7,9-10,12-13,17,19-21,28,32,36,39H,4-6,8,11,14-16,18,22-27H2,1-2H3/b7-3+/t28-,32-,36+,39-,42-,53+/m0/s1. The monoisotopic (exact) mass is 759 g/mol. The highest BCUT2D eigenvalue weighted by Gasteiger charge is 2.44. The average molecular weight is 760 g/mol. The van der Waals surface area contributed by atoms with Crippen LogP contribution in [0.3, 0.4) is 0 Å². The lowest BCUT2D eigenvalue weighted by atomic mass is 9.68. The van der Waals surface area contributed by atoms with Crippen LogP contribution in [0.1, 0.15) is 71.8 Å². The van der Waals surface area contributed by atoms with E-state index in [1.54, 1.807) is 13.2 Å². The molecule has 9 nitrogen and oxygen atoms in total. The number of benzene rings is 2. The van der Waals surface area contributed by atoms with Crippen molar-refractivity contribution in [2.45, 2.75) is 76.5 Å². The molecule has 2 aliphatic carbocycles. The maximum absolute atomic E-state index is 14.7. The number of allylic oxidation sites excluding steroid dienone is 1. The molecule has 4 heterocycles. The Kier molecular flexibility index (Phi) is 10.3. The molecule has 3 aliphatic heterocycles. The molecule has 3 aromatic rings. The molecule has 1 spiro atoms. The number of ketones is 1. The van der Waals surface area contributed by atoms with Crippen LogP contribution >= 0.6 is 11.6 Å². The van der Waals surface area contributed by atoms with Crippen LogP contribution in [0.4, 0.5) is 5.69 Å². The fraction of sp³-hybridized carbons (Fsp3) is 0.524. The lowest BCUT2D eigenvalue weighted by Gasteiger charge is -2.46. The Balaban J connectivity index is 1.15. The van der Waals surface area contributed by atoms with E-state index in [0.717, 1.165) is 79.5 Å². The number of Topliss-reactive ketones (excluding diaryl/α,β-unsaturated/α-hetero) is 1. The van der Waals surface area contributed by atoms with Crippen molar-refractivity contribution in [3.8, 4) is 5.75 Å². The molecule has 8 rings (SSSR count). The fourth-order valence-corrected chi connectivity index (χ4v) is 11.9. The first kappa shape index (κ1) is 36.5. The van der Waals surface area contributed by atoms with E-state index in [2.05, 4.69) is 38.1 Å². The SMILES string of the molecule is CO[C@H]1/C=C/C[C@H](C)C[S@@](=O)(CC(=O)Cc2cc3n(c2)CCOC3)=NC(=O)c2ccc3c(c2)N(C[C@@H]2CC[C@H]21)C[C@@]1(CCCc2cc(Cl)ccc21)CO3. The molecule has 282 valence electrons. The minimum Gasteiger partial charge on any atom is -0.490 e. The van der Waals surface area contributed by atoms with Crippen LogP contribution in [0.5, 0.6) is 5.75 Å². The second-order valence-electron chi connectivity index (χ2n) is 16.0. The van der Waals surface area contributed by atoms with Crippen LogP contribution in [0.25, 0.3) is 0 Å². The summed E-state index contributed by atoms with van der Waals surface area (Å²) >= 11 is 6.47. The Labute approximate surface area is 318 Å². The number of hydrogen-bond donors (Lipinski definition) is 0. The second kappa shape index (κ2) is 15.0. The van der Waals surface area contributed by atoms with Crippen LogP contribution in [-0.2, 0) is 55.4 Å². The van der Waals surface area contributed by atoms with Gasteiger partial charge in [0.1, 0.15) is 5.75 Å². The van der Waals surface area contributed by atoms with Gasteiger partial charge in [-0.2, -0.15) is 4.36 Å². The molecular weight excluding hydrogens is 710 g/mol. The quantitative estimate of drug-likeness (QED) is 0.254. The number of fused-ring (bicyclic) bond motifs is 5. The van der Waals surface area contributed by atoms with Gasteiger partial charge in [-0.15, -0.1) is 0 Å². The minimum absolute atomic E-state index is 0.0368. The van der Waals surface area contributed by atoms with Gasteiger partial charge >= 0.3 is 0 Å². The minimum atomic E-state index is -3.24. The third-order valence-corrected chi connectivity index (χ3v) is 14.7. The molecule has 5 aliphatic rings. The number of amides is 1. The Morgan fingerprint density at radius 1 is 1.17 bits per heavy atom. The Morgan fingerprint density at radius 2 is 2.06 bits per heavy atom. The zero-order valence-corrected chi connectivity index (χ0v) is 32.3. The summed E-state index contributed by atoms with van der Waals surface area (Å²) in [5.41, 5.74) is 5.41. The highest BCUT2D eigenvalue weighted by atomic mass is 35.5. The summed E-state index contributed by atoms with van der Waals surface area (Å²) in [5, 5.41) is 0.748. The third-order valence-electron chi connectivity index (χ3n) is 12.1. The van der Waals surface area contributed by atoms with Crippen molar-refractivity contribution in [2.75, 3.05) is 49.8 Å². The summed E-state index contributed by atoms with van der Waals surface area (Å²) in [6.45, 7) is 5.96. The molecule has 1 saturated carbocycles. The molecule has 0 unspecified atom stereocenters. The first-order valence-electron chi connectivity index (χ1n) is 19.1. The third kappa shape index (κ3) is 7.62. The number of carbonyl (C=O) groups excluding carboxylic acids is 2. The number of aryl methyl sites for hydroxylation is 1. The summed E-state index contributed by atoms with van der Waals surface area (Å²) in [7, 11) is -1.46. The van der Waals surface area contributed by atoms with Crippen molar-refractivity contribution in [1.29, 1.82) is 0 Å². The topological polar surface area (TPSA) is 99.4 Å². The molecule has 6 atom stereocenters. The molecule has 1 aromatic heterocycles. The van der Waals surface area contributed by atoms with Crippen molar-refractivity contribution in [2.24, 2.45) is 22.1 Å². The van der Waals surface area contributed by atoms with E-state index in [4.69, 9.17) is 25.8 Å². The van der Waals surface area contributed by atoms with Crippen LogP contribution in [0.15, 0.2) is 65.2 Å².